The van der Waals surface area contributed by atoms with E-state index in [2.05, 4.69) is 18.7 Å². The van der Waals surface area contributed by atoms with E-state index in [1.807, 2.05) is 0 Å². The van der Waals surface area contributed by atoms with Crippen LogP contribution in [0.25, 0.3) is 0 Å². The Balaban J connectivity index is 1.70. The zero-order chi connectivity index (χ0) is 11.6. The summed E-state index contributed by atoms with van der Waals surface area (Å²) in [7, 11) is 0. The first-order valence-corrected chi connectivity index (χ1v) is 7.06. The van der Waals surface area contributed by atoms with E-state index in [0.29, 0.717) is 0 Å². The van der Waals surface area contributed by atoms with Gasteiger partial charge in [-0.1, -0.05) is 20.3 Å². The highest BCUT2D eigenvalue weighted by molar-refractivity contribution is 4.91. The van der Waals surface area contributed by atoms with Crippen LogP contribution in [-0.2, 0) is 0 Å². The van der Waals surface area contributed by atoms with Crippen molar-refractivity contribution >= 4 is 0 Å². The highest BCUT2D eigenvalue weighted by Crippen LogP contribution is 2.34. The lowest BCUT2D eigenvalue weighted by molar-refractivity contribution is -0.0605. The summed E-state index contributed by atoms with van der Waals surface area (Å²) in [5.41, 5.74) is -0.357. The number of rotatable bonds is 4. The molecule has 2 aliphatic rings. The van der Waals surface area contributed by atoms with E-state index < -0.39 is 0 Å². The lowest BCUT2D eigenvalue weighted by atomic mass is 9.78. The summed E-state index contributed by atoms with van der Waals surface area (Å²) in [6, 6.07) is 0. The van der Waals surface area contributed by atoms with E-state index in [-0.39, 0.29) is 5.60 Å². The Hall–Kier alpha value is -0.0800. The fourth-order valence-electron chi connectivity index (χ4n) is 3.27. The number of β-amino-alcohol motifs (C(OH)–C–C–N with tert-alkyl or cyclic N) is 1. The monoisotopic (exact) mass is 225 g/mol. The Bertz CT molecular complexity index is 215. The molecule has 0 unspecified atom stereocenters. The van der Waals surface area contributed by atoms with Crippen molar-refractivity contribution in [2.45, 2.75) is 58.0 Å². The van der Waals surface area contributed by atoms with Gasteiger partial charge in [-0.05, 0) is 43.9 Å². The van der Waals surface area contributed by atoms with Crippen LogP contribution in [-0.4, -0.2) is 35.2 Å². The van der Waals surface area contributed by atoms with Crippen LogP contribution in [0.2, 0.25) is 0 Å². The smallest absolute Gasteiger partial charge is 0.0774 e. The standard InChI is InChI=1S/C14H27NO/c1-3-4-13-9-15(10-13)11-14(16)7-5-12(2)6-8-14/h12-13,16H,3-11H2,1-2H3. The maximum absolute atomic E-state index is 10.5. The third-order valence-corrected chi connectivity index (χ3v) is 4.45. The van der Waals surface area contributed by atoms with Gasteiger partial charge in [-0.2, -0.15) is 0 Å². The second-order valence-electron chi connectivity index (χ2n) is 6.26. The first-order chi connectivity index (χ1) is 7.61. The molecule has 1 saturated carbocycles. The summed E-state index contributed by atoms with van der Waals surface area (Å²) < 4.78 is 0. The van der Waals surface area contributed by atoms with Gasteiger partial charge >= 0.3 is 0 Å². The number of likely N-dealkylation sites (tertiary alicyclic amines) is 1. The van der Waals surface area contributed by atoms with Crippen molar-refractivity contribution < 1.29 is 5.11 Å². The molecule has 1 saturated heterocycles. The predicted octanol–water partition coefficient (Wildman–Crippen LogP) is 2.66. The fourth-order valence-corrected chi connectivity index (χ4v) is 3.27. The number of aliphatic hydroxyl groups is 1. The molecule has 94 valence electrons. The number of hydrogen-bond acceptors (Lipinski definition) is 2. The molecular weight excluding hydrogens is 198 g/mol. The second-order valence-corrected chi connectivity index (χ2v) is 6.26. The molecule has 0 spiro atoms. The van der Waals surface area contributed by atoms with Gasteiger partial charge in [0.05, 0.1) is 5.60 Å². The van der Waals surface area contributed by atoms with Crippen LogP contribution < -0.4 is 0 Å². The number of hydrogen-bond donors (Lipinski definition) is 1. The van der Waals surface area contributed by atoms with Crippen LogP contribution in [0.4, 0.5) is 0 Å². The minimum absolute atomic E-state index is 0.357. The van der Waals surface area contributed by atoms with E-state index in [1.165, 1.54) is 38.8 Å². The van der Waals surface area contributed by atoms with Gasteiger partial charge in [-0.3, -0.25) is 4.90 Å². The normalized spacial score (nSPS) is 37.3. The van der Waals surface area contributed by atoms with Gasteiger partial charge in [0, 0.05) is 19.6 Å². The largest absolute Gasteiger partial charge is 0.389 e. The first-order valence-electron chi connectivity index (χ1n) is 7.06. The molecule has 1 aliphatic heterocycles. The molecule has 0 aromatic rings. The second kappa shape index (κ2) is 5.05. The fraction of sp³-hybridized carbons (Fsp3) is 1.00. The average molecular weight is 225 g/mol. The highest BCUT2D eigenvalue weighted by atomic mass is 16.3. The van der Waals surface area contributed by atoms with Crippen LogP contribution in [0.15, 0.2) is 0 Å². The summed E-state index contributed by atoms with van der Waals surface area (Å²) in [6.07, 6.45) is 7.13. The molecule has 0 aromatic carbocycles. The van der Waals surface area contributed by atoms with E-state index in [9.17, 15) is 5.11 Å². The molecule has 0 atom stereocenters. The molecule has 1 heterocycles. The SMILES string of the molecule is CCCC1CN(CC2(O)CCC(C)CC2)C1. The first kappa shape index (κ1) is 12.4. The van der Waals surface area contributed by atoms with Crippen molar-refractivity contribution in [2.75, 3.05) is 19.6 Å². The molecule has 0 amide bonds. The van der Waals surface area contributed by atoms with E-state index in [4.69, 9.17) is 0 Å². The summed E-state index contributed by atoms with van der Waals surface area (Å²) in [4.78, 5) is 2.45. The topological polar surface area (TPSA) is 23.5 Å². The van der Waals surface area contributed by atoms with Gasteiger partial charge in [0.25, 0.3) is 0 Å². The van der Waals surface area contributed by atoms with Crippen LogP contribution in [0, 0.1) is 11.8 Å². The van der Waals surface area contributed by atoms with Gasteiger partial charge in [-0.25, -0.2) is 0 Å². The lowest BCUT2D eigenvalue weighted by Crippen LogP contribution is -2.54. The molecule has 16 heavy (non-hydrogen) atoms. The van der Waals surface area contributed by atoms with Gasteiger partial charge < -0.3 is 5.11 Å². The Morgan fingerprint density at radius 2 is 1.88 bits per heavy atom. The summed E-state index contributed by atoms with van der Waals surface area (Å²) >= 11 is 0. The molecule has 0 radical (unpaired) electrons. The summed E-state index contributed by atoms with van der Waals surface area (Å²) in [5.74, 6) is 1.74. The minimum atomic E-state index is -0.357. The van der Waals surface area contributed by atoms with Crippen LogP contribution in [0.1, 0.15) is 52.4 Å². The van der Waals surface area contributed by atoms with E-state index >= 15 is 0 Å². The number of nitrogens with zero attached hydrogens (tertiary/aromatic N) is 1. The molecule has 2 heteroatoms. The van der Waals surface area contributed by atoms with Gasteiger partial charge in [0.1, 0.15) is 0 Å². The molecule has 1 N–H and O–H groups in total. The highest BCUT2D eigenvalue weighted by Gasteiger charge is 2.37. The van der Waals surface area contributed by atoms with Crippen molar-refractivity contribution in [1.29, 1.82) is 0 Å². The Kier molecular flexibility index (Phi) is 3.91. The average Bonchev–Trinajstić information content (AvgIpc) is 2.20. The van der Waals surface area contributed by atoms with Gasteiger partial charge in [0.2, 0.25) is 0 Å². The molecule has 0 bridgehead atoms. The van der Waals surface area contributed by atoms with Crippen molar-refractivity contribution in [2.24, 2.45) is 11.8 Å². The Morgan fingerprint density at radius 3 is 2.44 bits per heavy atom. The molecule has 2 rings (SSSR count). The van der Waals surface area contributed by atoms with Crippen LogP contribution >= 0.6 is 0 Å². The van der Waals surface area contributed by atoms with Crippen molar-refractivity contribution in [3.63, 3.8) is 0 Å². The predicted molar refractivity (Wildman–Crippen MR) is 67.4 cm³/mol. The van der Waals surface area contributed by atoms with Crippen molar-refractivity contribution in [3.05, 3.63) is 0 Å². The van der Waals surface area contributed by atoms with Gasteiger partial charge in [-0.15, -0.1) is 0 Å². The quantitative estimate of drug-likeness (QED) is 0.795. The van der Waals surface area contributed by atoms with Gasteiger partial charge in [0.15, 0.2) is 0 Å². The molecule has 0 aromatic heterocycles. The van der Waals surface area contributed by atoms with Crippen molar-refractivity contribution in [3.8, 4) is 0 Å². The molecule has 2 nitrogen and oxygen atoms in total. The maximum Gasteiger partial charge on any atom is 0.0774 e. The molecular formula is C14H27NO. The molecule has 1 aliphatic carbocycles. The Labute approximate surface area is 100 Å². The zero-order valence-corrected chi connectivity index (χ0v) is 10.9. The third-order valence-electron chi connectivity index (χ3n) is 4.45. The zero-order valence-electron chi connectivity index (χ0n) is 10.9. The summed E-state index contributed by atoms with van der Waals surface area (Å²) in [5, 5.41) is 10.5. The summed E-state index contributed by atoms with van der Waals surface area (Å²) in [6.45, 7) is 7.95. The minimum Gasteiger partial charge on any atom is -0.389 e. The van der Waals surface area contributed by atoms with Crippen LogP contribution in [0.3, 0.4) is 0 Å². The maximum atomic E-state index is 10.5. The lowest BCUT2D eigenvalue weighted by Gasteiger charge is -2.45. The Morgan fingerprint density at radius 1 is 1.25 bits per heavy atom. The van der Waals surface area contributed by atoms with E-state index in [0.717, 1.165) is 31.2 Å². The third kappa shape index (κ3) is 2.98. The van der Waals surface area contributed by atoms with Crippen molar-refractivity contribution in [1.82, 2.24) is 4.90 Å². The van der Waals surface area contributed by atoms with Crippen LogP contribution in [0.5, 0.6) is 0 Å². The molecule has 2 fully saturated rings. The van der Waals surface area contributed by atoms with E-state index in [1.54, 1.807) is 0 Å².